The Bertz CT molecular complexity index is 926. The number of nitrogens with one attached hydrogen (secondary N) is 1. The van der Waals surface area contributed by atoms with Gasteiger partial charge in [-0.1, -0.05) is 13.0 Å². The molecule has 0 aromatic heterocycles. The lowest BCUT2D eigenvalue weighted by atomic mass is 10.1. The summed E-state index contributed by atoms with van der Waals surface area (Å²) in [5, 5.41) is 2.79. The van der Waals surface area contributed by atoms with Gasteiger partial charge in [0.05, 0.1) is 25.2 Å². The highest BCUT2D eigenvalue weighted by atomic mass is 32.2. The average molecular weight is 421 g/mol. The molecule has 0 fully saturated rings. The summed E-state index contributed by atoms with van der Waals surface area (Å²) in [6, 6.07) is 12.7. The molecule has 8 heteroatoms. The van der Waals surface area contributed by atoms with Crippen LogP contribution in [0.2, 0.25) is 0 Å². The van der Waals surface area contributed by atoms with Crippen molar-refractivity contribution < 1.29 is 22.7 Å². The Morgan fingerprint density at radius 3 is 2.28 bits per heavy atom. The van der Waals surface area contributed by atoms with Crippen LogP contribution in [0.5, 0.6) is 11.5 Å². The number of carbonyl (C=O) groups is 1. The standard InChI is InChI=1S/C21H28N2O5S/c1-6-20(21(24)22-16-10-12-18(13-11-16)28-15(2)3)23(29(5,25)26)17-8-7-9-19(14-17)27-4/h7-15,20H,6H2,1-5H3,(H,22,24)/t20-/m0/s1. The third-order valence-electron chi connectivity index (χ3n) is 4.13. The van der Waals surface area contributed by atoms with E-state index in [-0.39, 0.29) is 6.10 Å². The largest absolute Gasteiger partial charge is 0.497 e. The first-order chi connectivity index (χ1) is 13.7. The van der Waals surface area contributed by atoms with Crippen molar-refractivity contribution in [3.63, 3.8) is 0 Å². The van der Waals surface area contributed by atoms with Gasteiger partial charge in [-0.25, -0.2) is 8.42 Å². The molecule has 0 saturated heterocycles. The zero-order chi connectivity index (χ0) is 21.6. The highest BCUT2D eigenvalue weighted by Crippen LogP contribution is 2.27. The summed E-state index contributed by atoms with van der Waals surface area (Å²) in [6.45, 7) is 5.63. The van der Waals surface area contributed by atoms with Crippen molar-refractivity contribution in [1.82, 2.24) is 0 Å². The molecule has 0 aliphatic rings. The van der Waals surface area contributed by atoms with E-state index in [0.717, 1.165) is 10.6 Å². The van der Waals surface area contributed by atoms with Gasteiger partial charge in [0, 0.05) is 11.8 Å². The van der Waals surface area contributed by atoms with Crippen LogP contribution in [0, 0.1) is 0 Å². The van der Waals surface area contributed by atoms with Crippen molar-refractivity contribution >= 4 is 27.3 Å². The quantitative estimate of drug-likeness (QED) is 0.669. The van der Waals surface area contributed by atoms with E-state index in [4.69, 9.17) is 9.47 Å². The van der Waals surface area contributed by atoms with Gasteiger partial charge < -0.3 is 14.8 Å². The molecule has 0 saturated carbocycles. The molecule has 0 heterocycles. The molecule has 0 radical (unpaired) electrons. The maximum atomic E-state index is 12.9. The van der Waals surface area contributed by atoms with Crippen molar-refractivity contribution in [2.24, 2.45) is 0 Å². The first-order valence-corrected chi connectivity index (χ1v) is 11.2. The predicted octanol–water partition coefficient (Wildman–Crippen LogP) is 3.67. The smallest absolute Gasteiger partial charge is 0.248 e. The van der Waals surface area contributed by atoms with E-state index >= 15 is 0 Å². The molecule has 158 valence electrons. The predicted molar refractivity (Wildman–Crippen MR) is 115 cm³/mol. The molecule has 0 spiro atoms. The maximum Gasteiger partial charge on any atom is 0.248 e. The molecule has 2 rings (SSSR count). The molecule has 1 atom stereocenters. The van der Waals surface area contributed by atoms with E-state index in [0.29, 0.717) is 29.3 Å². The molecule has 0 unspecified atom stereocenters. The second kappa shape index (κ2) is 9.65. The minimum Gasteiger partial charge on any atom is -0.497 e. The van der Waals surface area contributed by atoms with Crippen LogP contribution in [0.25, 0.3) is 0 Å². The van der Waals surface area contributed by atoms with E-state index in [1.807, 2.05) is 13.8 Å². The van der Waals surface area contributed by atoms with Crippen LogP contribution in [-0.2, 0) is 14.8 Å². The minimum atomic E-state index is -3.71. The third kappa shape index (κ3) is 6.12. The summed E-state index contributed by atoms with van der Waals surface area (Å²) in [4.78, 5) is 12.9. The lowest BCUT2D eigenvalue weighted by Crippen LogP contribution is -2.47. The number of nitrogens with zero attached hydrogens (tertiary/aromatic N) is 1. The maximum absolute atomic E-state index is 12.9. The molecular weight excluding hydrogens is 392 g/mol. The number of methoxy groups -OCH3 is 1. The minimum absolute atomic E-state index is 0.0473. The first kappa shape index (κ1) is 22.5. The number of hydrogen-bond acceptors (Lipinski definition) is 5. The fourth-order valence-corrected chi connectivity index (χ4v) is 4.13. The summed E-state index contributed by atoms with van der Waals surface area (Å²) in [5.41, 5.74) is 0.929. The van der Waals surface area contributed by atoms with E-state index in [9.17, 15) is 13.2 Å². The van der Waals surface area contributed by atoms with Gasteiger partial charge in [0.25, 0.3) is 0 Å². The second-order valence-corrected chi connectivity index (χ2v) is 8.72. The van der Waals surface area contributed by atoms with E-state index in [2.05, 4.69) is 5.32 Å². The number of anilines is 2. The van der Waals surface area contributed by atoms with Crippen molar-refractivity contribution in [2.75, 3.05) is 23.0 Å². The number of ether oxygens (including phenoxy) is 2. The normalized spacial score (nSPS) is 12.3. The molecule has 0 aliphatic heterocycles. The zero-order valence-corrected chi connectivity index (χ0v) is 18.2. The summed E-state index contributed by atoms with van der Waals surface area (Å²) < 4.78 is 37.0. The topological polar surface area (TPSA) is 84.9 Å². The average Bonchev–Trinajstić information content (AvgIpc) is 2.66. The van der Waals surface area contributed by atoms with Gasteiger partial charge in [-0.3, -0.25) is 9.10 Å². The summed E-state index contributed by atoms with van der Waals surface area (Å²) >= 11 is 0. The van der Waals surface area contributed by atoms with E-state index in [1.54, 1.807) is 55.5 Å². The molecule has 7 nitrogen and oxygen atoms in total. The number of amides is 1. The van der Waals surface area contributed by atoms with Crippen LogP contribution in [-0.4, -0.2) is 39.8 Å². The number of carbonyl (C=O) groups excluding carboxylic acids is 1. The SMILES string of the molecule is CC[C@@H](C(=O)Nc1ccc(OC(C)C)cc1)N(c1cccc(OC)c1)S(C)(=O)=O. The number of benzene rings is 2. The Morgan fingerprint density at radius 2 is 1.76 bits per heavy atom. The number of rotatable bonds is 9. The van der Waals surface area contributed by atoms with Gasteiger partial charge >= 0.3 is 0 Å². The Morgan fingerprint density at radius 1 is 1.10 bits per heavy atom. The van der Waals surface area contributed by atoms with Crippen LogP contribution in [0.4, 0.5) is 11.4 Å². The Kier molecular flexibility index (Phi) is 7.50. The molecule has 2 aromatic carbocycles. The first-order valence-electron chi connectivity index (χ1n) is 9.36. The highest BCUT2D eigenvalue weighted by molar-refractivity contribution is 7.92. The van der Waals surface area contributed by atoms with E-state index < -0.39 is 22.0 Å². The second-order valence-electron chi connectivity index (χ2n) is 6.86. The summed E-state index contributed by atoms with van der Waals surface area (Å²) in [7, 11) is -2.21. The highest BCUT2D eigenvalue weighted by Gasteiger charge is 2.31. The fraction of sp³-hybridized carbons (Fsp3) is 0.381. The van der Waals surface area contributed by atoms with Gasteiger partial charge in [0.15, 0.2) is 0 Å². The monoisotopic (exact) mass is 420 g/mol. The van der Waals surface area contributed by atoms with Gasteiger partial charge in [-0.2, -0.15) is 0 Å². The molecule has 1 amide bonds. The van der Waals surface area contributed by atoms with Crippen molar-refractivity contribution in [2.45, 2.75) is 39.3 Å². The van der Waals surface area contributed by atoms with Gasteiger partial charge in [0.2, 0.25) is 15.9 Å². The van der Waals surface area contributed by atoms with Crippen molar-refractivity contribution in [1.29, 1.82) is 0 Å². The molecule has 2 aromatic rings. The molecular formula is C21H28N2O5S. The van der Waals surface area contributed by atoms with Crippen molar-refractivity contribution in [3.05, 3.63) is 48.5 Å². The lowest BCUT2D eigenvalue weighted by Gasteiger charge is -2.30. The fourth-order valence-electron chi connectivity index (χ4n) is 2.92. The molecule has 0 bridgehead atoms. The summed E-state index contributed by atoms with van der Waals surface area (Å²) in [5.74, 6) is 0.782. The Labute approximate surface area is 172 Å². The number of hydrogen-bond donors (Lipinski definition) is 1. The molecule has 1 N–H and O–H groups in total. The zero-order valence-electron chi connectivity index (χ0n) is 17.4. The number of sulfonamides is 1. The van der Waals surface area contributed by atoms with Gasteiger partial charge in [-0.05, 0) is 56.7 Å². The van der Waals surface area contributed by atoms with Crippen LogP contribution in [0.3, 0.4) is 0 Å². The molecule has 29 heavy (non-hydrogen) atoms. The van der Waals surface area contributed by atoms with Crippen molar-refractivity contribution in [3.8, 4) is 11.5 Å². The van der Waals surface area contributed by atoms with E-state index in [1.165, 1.54) is 7.11 Å². The van der Waals surface area contributed by atoms with Crippen LogP contribution < -0.4 is 19.1 Å². The van der Waals surface area contributed by atoms with Gasteiger partial charge in [-0.15, -0.1) is 0 Å². The van der Waals surface area contributed by atoms with Crippen LogP contribution >= 0.6 is 0 Å². The van der Waals surface area contributed by atoms with Crippen LogP contribution in [0.15, 0.2) is 48.5 Å². The Hall–Kier alpha value is -2.74. The Balaban J connectivity index is 2.28. The van der Waals surface area contributed by atoms with Crippen LogP contribution in [0.1, 0.15) is 27.2 Å². The lowest BCUT2D eigenvalue weighted by molar-refractivity contribution is -0.117. The third-order valence-corrected chi connectivity index (χ3v) is 5.31. The summed E-state index contributed by atoms with van der Waals surface area (Å²) in [6.07, 6.45) is 1.43. The van der Waals surface area contributed by atoms with Gasteiger partial charge in [0.1, 0.15) is 17.5 Å². The molecule has 0 aliphatic carbocycles.